The van der Waals surface area contributed by atoms with Crippen LogP contribution in [0.2, 0.25) is 0 Å². The number of halogens is 1. The molecule has 0 saturated carbocycles. The summed E-state index contributed by atoms with van der Waals surface area (Å²) in [5.74, 6) is -0.239. The summed E-state index contributed by atoms with van der Waals surface area (Å²) >= 11 is 0. The van der Waals surface area contributed by atoms with Crippen molar-refractivity contribution in [3.63, 3.8) is 0 Å². The van der Waals surface area contributed by atoms with Gasteiger partial charge in [-0.25, -0.2) is 9.18 Å². The van der Waals surface area contributed by atoms with Crippen molar-refractivity contribution in [2.75, 3.05) is 27.2 Å². The van der Waals surface area contributed by atoms with Crippen LogP contribution in [0.25, 0.3) is 0 Å². The lowest BCUT2D eigenvalue weighted by molar-refractivity contribution is 0.233. The van der Waals surface area contributed by atoms with Crippen molar-refractivity contribution in [3.05, 3.63) is 71.0 Å². The molecule has 0 saturated heterocycles. The predicted molar refractivity (Wildman–Crippen MR) is 99.1 cm³/mol. The van der Waals surface area contributed by atoms with Gasteiger partial charge in [0.1, 0.15) is 5.82 Å². The maximum atomic E-state index is 13.5. The Labute approximate surface area is 149 Å². The minimum absolute atomic E-state index is 0.0953. The predicted octanol–water partition coefficient (Wildman–Crippen LogP) is 3.28. The number of nitrogens with zero attached hydrogens (tertiary/aromatic N) is 1. The Morgan fingerprint density at radius 2 is 1.76 bits per heavy atom. The molecule has 4 nitrogen and oxygen atoms in total. The summed E-state index contributed by atoms with van der Waals surface area (Å²) in [5, 5.41) is 5.67. The van der Waals surface area contributed by atoms with E-state index in [0.29, 0.717) is 25.1 Å². The average molecular weight is 343 g/mol. The second kappa shape index (κ2) is 9.18. The number of carbonyl (C=O) groups is 1. The quantitative estimate of drug-likeness (QED) is 0.810. The smallest absolute Gasteiger partial charge is 0.314 e. The van der Waals surface area contributed by atoms with Crippen molar-refractivity contribution in [1.82, 2.24) is 15.5 Å². The van der Waals surface area contributed by atoms with Gasteiger partial charge in [0.2, 0.25) is 0 Å². The number of carbonyl (C=O) groups excluding carboxylic acids is 1. The first-order valence-corrected chi connectivity index (χ1v) is 8.45. The summed E-state index contributed by atoms with van der Waals surface area (Å²) in [5.41, 5.74) is 2.97. The highest BCUT2D eigenvalue weighted by molar-refractivity contribution is 5.73. The van der Waals surface area contributed by atoms with E-state index >= 15 is 0 Å². The summed E-state index contributed by atoms with van der Waals surface area (Å²) in [4.78, 5) is 14.1. The molecule has 2 rings (SSSR count). The standard InChI is InChI=1S/C20H26FN3O/c1-15-8-10-17(11-9-15)19(24(2)3)14-23-20(25)22-13-12-16-6-4-5-7-18(16)21/h4-11,19H,12-14H2,1-3H3,(H2,22,23,25). The van der Waals surface area contributed by atoms with E-state index in [1.54, 1.807) is 18.2 Å². The van der Waals surface area contributed by atoms with Crippen molar-refractivity contribution < 1.29 is 9.18 Å². The lowest BCUT2D eigenvalue weighted by Crippen LogP contribution is -2.41. The summed E-state index contributed by atoms with van der Waals surface area (Å²) in [6.07, 6.45) is 0.467. The maximum absolute atomic E-state index is 13.5. The van der Waals surface area contributed by atoms with Gasteiger partial charge in [0.05, 0.1) is 6.04 Å². The molecule has 0 aliphatic rings. The van der Waals surface area contributed by atoms with Gasteiger partial charge in [0, 0.05) is 13.1 Å². The Hall–Kier alpha value is -2.40. The van der Waals surface area contributed by atoms with E-state index in [-0.39, 0.29) is 17.9 Å². The second-order valence-electron chi connectivity index (χ2n) is 6.37. The molecule has 2 aromatic carbocycles. The number of nitrogens with one attached hydrogen (secondary N) is 2. The molecule has 2 N–H and O–H groups in total. The number of hydrogen-bond acceptors (Lipinski definition) is 2. The van der Waals surface area contributed by atoms with Crippen LogP contribution in [-0.2, 0) is 6.42 Å². The van der Waals surface area contributed by atoms with Crippen LogP contribution in [0.15, 0.2) is 48.5 Å². The van der Waals surface area contributed by atoms with Gasteiger partial charge < -0.3 is 15.5 Å². The van der Waals surface area contributed by atoms with Crippen molar-refractivity contribution >= 4 is 6.03 Å². The largest absolute Gasteiger partial charge is 0.338 e. The third-order valence-corrected chi connectivity index (χ3v) is 4.18. The zero-order valence-electron chi connectivity index (χ0n) is 15.1. The molecule has 5 heteroatoms. The first-order valence-electron chi connectivity index (χ1n) is 8.45. The molecule has 1 atom stereocenters. The Balaban J connectivity index is 1.81. The normalized spacial score (nSPS) is 12.0. The molecule has 0 bridgehead atoms. The first kappa shape index (κ1) is 18.9. The molecule has 0 fully saturated rings. The Morgan fingerprint density at radius 3 is 2.40 bits per heavy atom. The number of amides is 2. The van der Waals surface area contributed by atoms with E-state index in [4.69, 9.17) is 0 Å². The summed E-state index contributed by atoms with van der Waals surface area (Å²) in [6.45, 7) is 2.95. The number of aryl methyl sites for hydroxylation is 1. The van der Waals surface area contributed by atoms with E-state index in [1.165, 1.54) is 11.6 Å². The van der Waals surface area contributed by atoms with E-state index in [1.807, 2.05) is 14.1 Å². The van der Waals surface area contributed by atoms with Gasteiger partial charge in [-0.3, -0.25) is 0 Å². The molecule has 1 unspecified atom stereocenters. The van der Waals surface area contributed by atoms with Crippen LogP contribution in [0.5, 0.6) is 0 Å². The zero-order valence-corrected chi connectivity index (χ0v) is 15.1. The fourth-order valence-corrected chi connectivity index (χ4v) is 2.65. The SMILES string of the molecule is Cc1ccc(C(CNC(=O)NCCc2ccccc2F)N(C)C)cc1. The van der Waals surface area contributed by atoms with E-state index in [2.05, 4.69) is 46.7 Å². The average Bonchev–Trinajstić information content (AvgIpc) is 2.58. The van der Waals surface area contributed by atoms with Gasteiger partial charge in [0.25, 0.3) is 0 Å². The van der Waals surface area contributed by atoms with Crippen molar-refractivity contribution in [3.8, 4) is 0 Å². The molecule has 2 amide bonds. The topological polar surface area (TPSA) is 44.4 Å². The van der Waals surface area contributed by atoms with Crippen LogP contribution < -0.4 is 10.6 Å². The number of likely N-dealkylation sites (N-methyl/N-ethyl adjacent to an activating group) is 1. The number of rotatable bonds is 7. The van der Waals surface area contributed by atoms with E-state index in [9.17, 15) is 9.18 Å². The summed E-state index contributed by atoms with van der Waals surface area (Å²) in [6, 6.07) is 14.8. The molecular formula is C20H26FN3O. The van der Waals surface area contributed by atoms with E-state index < -0.39 is 0 Å². The molecule has 25 heavy (non-hydrogen) atoms. The first-order chi connectivity index (χ1) is 12.0. The van der Waals surface area contributed by atoms with Crippen LogP contribution in [0.3, 0.4) is 0 Å². The Morgan fingerprint density at radius 1 is 1.08 bits per heavy atom. The molecule has 0 radical (unpaired) electrons. The molecular weight excluding hydrogens is 317 g/mol. The van der Waals surface area contributed by atoms with Gasteiger partial charge in [-0.15, -0.1) is 0 Å². The molecule has 0 aromatic heterocycles. The molecule has 0 spiro atoms. The number of hydrogen-bond donors (Lipinski definition) is 2. The monoisotopic (exact) mass is 343 g/mol. The van der Waals surface area contributed by atoms with E-state index in [0.717, 1.165) is 5.56 Å². The van der Waals surface area contributed by atoms with Crippen molar-refractivity contribution in [2.24, 2.45) is 0 Å². The van der Waals surface area contributed by atoms with Crippen LogP contribution in [0.4, 0.5) is 9.18 Å². The zero-order chi connectivity index (χ0) is 18.2. The van der Waals surface area contributed by atoms with Crippen LogP contribution in [0, 0.1) is 12.7 Å². The molecule has 2 aromatic rings. The fourth-order valence-electron chi connectivity index (χ4n) is 2.65. The lowest BCUT2D eigenvalue weighted by Gasteiger charge is -2.25. The molecule has 0 heterocycles. The fraction of sp³-hybridized carbons (Fsp3) is 0.350. The Bertz CT molecular complexity index is 686. The number of urea groups is 1. The van der Waals surface area contributed by atoms with Crippen LogP contribution in [-0.4, -0.2) is 38.1 Å². The molecule has 0 aliphatic heterocycles. The van der Waals surface area contributed by atoms with Crippen molar-refractivity contribution in [2.45, 2.75) is 19.4 Å². The van der Waals surface area contributed by atoms with Gasteiger partial charge in [-0.2, -0.15) is 0 Å². The maximum Gasteiger partial charge on any atom is 0.314 e. The molecule has 134 valence electrons. The summed E-state index contributed by atoms with van der Waals surface area (Å²) < 4.78 is 13.5. The lowest BCUT2D eigenvalue weighted by atomic mass is 10.0. The van der Waals surface area contributed by atoms with Gasteiger partial charge in [-0.05, 0) is 44.6 Å². The Kier molecular flexibility index (Phi) is 6.95. The summed E-state index contributed by atoms with van der Waals surface area (Å²) in [7, 11) is 3.98. The highest BCUT2D eigenvalue weighted by atomic mass is 19.1. The number of benzene rings is 2. The highest BCUT2D eigenvalue weighted by Crippen LogP contribution is 2.17. The van der Waals surface area contributed by atoms with Gasteiger partial charge in [0.15, 0.2) is 0 Å². The van der Waals surface area contributed by atoms with Crippen LogP contribution in [0.1, 0.15) is 22.7 Å². The minimum Gasteiger partial charge on any atom is -0.338 e. The second-order valence-corrected chi connectivity index (χ2v) is 6.37. The van der Waals surface area contributed by atoms with Gasteiger partial charge >= 0.3 is 6.03 Å². The highest BCUT2D eigenvalue weighted by Gasteiger charge is 2.15. The van der Waals surface area contributed by atoms with Crippen molar-refractivity contribution in [1.29, 1.82) is 0 Å². The van der Waals surface area contributed by atoms with Crippen LogP contribution >= 0.6 is 0 Å². The minimum atomic E-state index is -0.240. The van der Waals surface area contributed by atoms with Gasteiger partial charge in [-0.1, -0.05) is 48.0 Å². The third-order valence-electron chi connectivity index (χ3n) is 4.18. The molecule has 0 aliphatic carbocycles. The third kappa shape index (κ3) is 5.87.